The maximum absolute atomic E-state index is 12.7. The summed E-state index contributed by atoms with van der Waals surface area (Å²) in [6, 6.07) is 16.2. The predicted octanol–water partition coefficient (Wildman–Crippen LogP) is 1.66. The first-order valence-electron chi connectivity index (χ1n) is 8.02. The highest BCUT2D eigenvalue weighted by molar-refractivity contribution is 6.34. The number of hydrogen-bond acceptors (Lipinski definition) is 5. The van der Waals surface area contributed by atoms with Gasteiger partial charge in [0.25, 0.3) is 5.91 Å². The lowest BCUT2D eigenvalue weighted by atomic mass is 9.90. The van der Waals surface area contributed by atoms with E-state index in [-0.39, 0.29) is 13.0 Å². The average molecular weight is 372 g/mol. The molecule has 0 fully saturated rings. The van der Waals surface area contributed by atoms with Crippen molar-refractivity contribution in [3.05, 3.63) is 70.7 Å². The fourth-order valence-corrected chi connectivity index (χ4v) is 3.03. The lowest BCUT2D eigenvalue weighted by molar-refractivity contribution is -0.309. The van der Waals surface area contributed by atoms with Crippen LogP contribution in [0.1, 0.15) is 24.0 Å². The fraction of sp³-hybridized carbons (Fsp3) is 0.211. The number of carbonyl (C=O) groups excluding carboxylic acids is 2. The third-order valence-electron chi connectivity index (χ3n) is 4.11. The zero-order chi connectivity index (χ0) is 18.6. The van der Waals surface area contributed by atoms with E-state index in [4.69, 9.17) is 16.4 Å². The van der Waals surface area contributed by atoms with Crippen LogP contribution in [0.2, 0.25) is 5.02 Å². The average Bonchev–Trinajstić information content (AvgIpc) is 3.05. The van der Waals surface area contributed by atoms with Gasteiger partial charge in [-0.1, -0.05) is 65.3 Å². The number of aliphatic carboxylic acids is 1. The topological polar surface area (TPSA) is 90.8 Å². The Hall–Kier alpha value is -2.86. The van der Waals surface area contributed by atoms with Gasteiger partial charge in [-0.3, -0.25) is 4.79 Å². The number of rotatable bonds is 6. The van der Waals surface area contributed by atoms with Crippen LogP contribution in [0.5, 0.6) is 0 Å². The molecule has 6 nitrogen and oxygen atoms in total. The van der Waals surface area contributed by atoms with Gasteiger partial charge in [0.15, 0.2) is 0 Å². The Labute approximate surface area is 155 Å². The summed E-state index contributed by atoms with van der Waals surface area (Å²) in [4.78, 5) is 29.2. The Morgan fingerprint density at radius 1 is 1.15 bits per heavy atom. The molecule has 0 bridgehead atoms. The van der Waals surface area contributed by atoms with Gasteiger partial charge in [-0.25, -0.2) is 0 Å². The normalized spacial score (nSPS) is 18.7. The highest BCUT2D eigenvalue weighted by Gasteiger charge is 2.47. The van der Waals surface area contributed by atoms with E-state index in [0.29, 0.717) is 16.3 Å². The molecule has 0 saturated heterocycles. The summed E-state index contributed by atoms with van der Waals surface area (Å²) < 4.78 is 0. The first-order chi connectivity index (χ1) is 12.5. The summed E-state index contributed by atoms with van der Waals surface area (Å²) >= 11 is 6.16. The van der Waals surface area contributed by atoms with Gasteiger partial charge in [0.1, 0.15) is 0 Å². The first-order valence-corrected chi connectivity index (χ1v) is 8.40. The minimum atomic E-state index is -1.65. The summed E-state index contributed by atoms with van der Waals surface area (Å²) in [5.41, 5.74) is 0.258. The number of carbonyl (C=O) groups is 2. The van der Waals surface area contributed by atoms with Crippen LogP contribution >= 0.6 is 11.6 Å². The van der Waals surface area contributed by atoms with Crippen molar-refractivity contribution in [1.82, 2.24) is 5.32 Å². The fourth-order valence-electron chi connectivity index (χ4n) is 2.79. The Bertz CT molecular complexity index is 854. The molecule has 7 heteroatoms. The molecule has 1 aliphatic rings. The zero-order valence-corrected chi connectivity index (χ0v) is 14.5. The standard InChI is InChI=1S/C19H17ClN2O4/c20-15-9-5-4-8-14(15)16-10-19(26-22-16,11-17(23)24)18(25)21-12-13-6-2-1-3-7-13/h1-9H,10-12H2,(H,21,25)(H,23,24)/p-1/t19-/m0/s1. The second kappa shape index (κ2) is 7.58. The van der Waals surface area contributed by atoms with Crippen molar-refractivity contribution < 1.29 is 19.5 Å². The molecule has 2 aromatic carbocycles. The molecule has 1 aliphatic heterocycles. The van der Waals surface area contributed by atoms with E-state index in [1.807, 2.05) is 30.3 Å². The largest absolute Gasteiger partial charge is 0.550 e. The maximum atomic E-state index is 12.7. The zero-order valence-electron chi connectivity index (χ0n) is 13.8. The van der Waals surface area contributed by atoms with Crippen LogP contribution in [-0.4, -0.2) is 23.2 Å². The molecule has 1 heterocycles. The molecule has 0 unspecified atom stereocenters. The third kappa shape index (κ3) is 3.86. The van der Waals surface area contributed by atoms with Gasteiger partial charge < -0.3 is 20.1 Å². The van der Waals surface area contributed by atoms with E-state index in [1.165, 1.54) is 0 Å². The number of nitrogens with one attached hydrogen (secondary N) is 1. The Morgan fingerprint density at radius 3 is 2.54 bits per heavy atom. The molecular formula is C19H16ClN2O4-. The van der Waals surface area contributed by atoms with E-state index in [2.05, 4.69) is 10.5 Å². The number of nitrogens with zero attached hydrogens (tertiary/aromatic N) is 1. The van der Waals surface area contributed by atoms with Crippen molar-refractivity contribution in [2.45, 2.75) is 25.0 Å². The number of carboxylic acid groups (broad SMARTS) is 1. The molecule has 0 aliphatic carbocycles. The molecule has 0 saturated carbocycles. The maximum Gasteiger partial charge on any atom is 0.268 e. The molecule has 0 aromatic heterocycles. The number of amides is 1. The van der Waals surface area contributed by atoms with Gasteiger partial charge in [0.2, 0.25) is 5.60 Å². The number of halogens is 1. The number of carboxylic acids is 1. The molecule has 134 valence electrons. The summed E-state index contributed by atoms with van der Waals surface area (Å²) in [7, 11) is 0. The van der Waals surface area contributed by atoms with Gasteiger partial charge in [0.05, 0.1) is 5.71 Å². The van der Waals surface area contributed by atoms with Gasteiger partial charge in [-0.2, -0.15) is 0 Å². The molecule has 3 rings (SSSR count). The van der Waals surface area contributed by atoms with Crippen molar-refractivity contribution in [1.29, 1.82) is 0 Å². The van der Waals surface area contributed by atoms with Crippen LogP contribution in [0.15, 0.2) is 59.8 Å². The van der Waals surface area contributed by atoms with Crippen molar-refractivity contribution in [3.63, 3.8) is 0 Å². The van der Waals surface area contributed by atoms with E-state index in [1.54, 1.807) is 24.3 Å². The van der Waals surface area contributed by atoms with Crippen molar-refractivity contribution >= 4 is 29.2 Å². The van der Waals surface area contributed by atoms with Crippen LogP contribution in [0.25, 0.3) is 0 Å². The van der Waals surface area contributed by atoms with Crippen LogP contribution in [-0.2, 0) is 21.0 Å². The lowest BCUT2D eigenvalue weighted by Gasteiger charge is -2.25. The van der Waals surface area contributed by atoms with E-state index in [9.17, 15) is 14.7 Å². The minimum Gasteiger partial charge on any atom is -0.550 e. The highest BCUT2D eigenvalue weighted by atomic mass is 35.5. The molecular weight excluding hydrogens is 356 g/mol. The summed E-state index contributed by atoms with van der Waals surface area (Å²) in [6.45, 7) is 0.249. The number of benzene rings is 2. The van der Waals surface area contributed by atoms with Crippen LogP contribution < -0.4 is 10.4 Å². The quantitative estimate of drug-likeness (QED) is 0.836. The molecule has 0 radical (unpaired) electrons. The molecule has 0 spiro atoms. The van der Waals surface area contributed by atoms with Gasteiger partial charge >= 0.3 is 0 Å². The predicted molar refractivity (Wildman–Crippen MR) is 94.3 cm³/mol. The molecule has 1 amide bonds. The summed E-state index contributed by atoms with van der Waals surface area (Å²) in [5, 5.41) is 18.3. The number of oxime groups is 1. The van der Waals surface area contributed by atoms with Crippen molar-refractivity contribution in [3.8, 4) is 0 Å². The second-order valence-corrected chi connectivity index (χ2v) is 6.40. The van der Waals surface area contributed by atoms with Gasteiger partial charge in [-0.05, 0) is 11.6 Å². The molecule has 1 atom stereocenters. The SMILES string of the molecule is O=C([O-])C[C@]1(C(=O)NCc2ccccc2)CC(c2ccccc2Cl)=NO1. The van der Waals surface area contributed by atoms with Crippen molar-refractivity contribution in [2.24, 2.45) is 5.16 Å². The Kier molecular flexibility index (Phi) is 5.23. The van der Waals surface area contributed by atoms with Gasteiger partial charge in [0, 0.05) is 35.9 Å². The van der Waals surface area contributed by atoms with Crippen LogP contribution in [0.3, 0.4) is 0 Å². The van der Waals surface area contributed by atoms with Crippen molar-refractivity contribution in [2.75, 3.05) is 0 Å². The Morgan fingerprint density at radius 2 is 1.85 bits per heavy atom. The monoisotopic (exact) mass is 371 g/mol. The van der Waals surface area contributed by atoms with E-state index >= 15 is 0 Å². The smallest absolute Gasteiger partial charge is 0.268 e. The lowest BCUT2D eigenvalue weighted by Crippen LogP contribution is -2.50. The van der Waals surface area contributed by atoms with Crippen LogP contribution in [0.4, 0.5) is 0 Å². The second-order valence-electron chi connectivity index (χ2n) is 6.00. The van der Waals surface area contributed by atoms with Gasteiger partial charge in [-0.15, -0.1) is 0 Å². The van der Waals surface area contributed by atoms with E-state index < -0.39 is 23.9 Å². The molecule has 1 N–H and O–H groups in total. The van der Waals surface area contributed by atoms with Crippen LogP contribution in [0, 0.1) is 0 Å². The number of hydrogen-bond donors (Lipinski definition) is 1. The summed E-state index contributed by atoms with van der Waals surface area (Å²) in [5.74, 6) is -1.95. The molecule has 2 aromatic rings. The summed E-state index contributed by atoms with van der Waals surface area (Å²) in [6.07, 6.45) is -0.615. The van der Waals surface area contributed by atoms with E-state index in [0.717, 1.165) is 5.56 Å². The third-order valence-corrected chi connectivity index (χ3v) is 4.44. The highest BCUT2D eigenvalue weighted by Crippen LogP contribution is 2.32. The first kappa shape index (κ1) is 17.9. The molecule has 26 heavy (non-hydrogen) atoms. The Balaban J connectivity index is 1.77. The minimum absolute atomic E-state index is 0.00859.